The van der Waals surface area contributed by atoms with Gasteiger partial charge in [-0.1, -0.05) is 41.5 Å². The van der Waals surface area contributed by atoms with E-state index in [-0.39, 0.29) is 23.5 Å². The zero-order valence-electron chi connectivity index (χ0n) is 13.6. The summed E-state index contributed by atoms with van der Waals surface area (Å²) < 4.78 is 0. The molecule has 0 fully saturated rings. The summed E-state index contributed by atoms with van der Waals surface area (Å²) in [5.74, 6) is -1.54. The average molecular weight is 335 g/mol. The summed E-state index contributed by atoms with van der Waals surface area (Å²) in [5.41, 5.74) is 3.12. The highest BCUT2D eigenvalue weighted by molar-refractivity contribution is 6.20. The van der Waals surface area contributed by atoms with Crippen molar-refractivity contribution in [3.63, 3.8) is 0 Å². The molecule has 25 heavy (non-hydrogen) atoms. The number of nitrogens with zero attached hydrogens (tertiary/aromatic N) is 1. The molecule has 0 spiro atoms. The summed E-state index contributed by atoms with van der Waals surface area (Å²) in [7, 11) is 0. The van der Waals surface area contributed by atoms with Crippen molar-refractivity contribution in [2.75, 3.05) is 0 Å². The summed E-state index contributed by atoms with van der Waals surface area (Å²) in [6, 6.07) is 14.7. The number of rotatable bonds is 3. The third-order valence-corrected chi connectivity index (χ3v) is 4.85. The maximum absolute atomic E-state index is 12.3. The van der Waals surface area contributed by atoms with E-state index in [0.29, 0.717) is 5.06 Å². The Bertz CT molecular complexity index is 839. The van der Waals surface area contributed by atoms with Crippen LogP contribution in [0.2, 0.25) is 0 Å². The number of benzene rings is 2. The van der Waals surface area contributed by atoms with Gasteiger partial charge in [-0.25, -0.2) is 4.79 Å². The first-order valence-corrected chi connectivity index (χ1v) is 8.39. The summed E-state index contributed by atoms with van der Waals surface area (Å²) in [6.45, 7) is 0. The second-order valence-electron chi connectivity index (χ2n) is 6.50. The number of hydroxylamine groups is 2. The number of aryl methyl sites for hydroxylation is 1. The number of fused-ring (bicyclic) bond motifs is 2. The number of amides is 2. The number of hydrogen-bond donors (Lipinski definition) is 0. The van der Waals surface area contributed by atoms with Crippen molar-refractivity contribution >= 4 is 17.8 Å². The van der Waals surface area contributed by atoms with E-state index in [9.17, 15) is 14.4 Å². The molecule has 2 aromatic rings. The molecule has 2 aliphatic rings. The second kappa shape index (κ2) is 6.16. The van der Waals surface area contributed by atoms with Crippen molar-refractivity contribution < 1.29 is 19.2 Å². The van der Waals surface area contributed by atoms with Crippen LogP contribution in [0.15, 0.2) is 48.5 Å². The van der Waals surface area contributed by atoms with Crippen LogP contribution in [0.3, 0.4) is 0 Å². The lowest BCUT2D eigenvalue weighted by Gasteiger charge is -2.24. The van der Waals surface area contributed by atoms with Gasteiger partial charge in [-0.2, -0.15) is 0 Å². The average Bonchev–Trinajstić information content (AvgIpc) is 2.87. The van der Waals surface area contributed by atoms with E-state index in [4.69, 9.17) is 4.84 Å². The van der Waals surface area contributed by atoms with E-state index in [0.717, 1.165) is 19.3 Å². The quantitative estimate of drug-likeness (QED) is 0.809. The first kappa shape index (κ1) is 15.6. The standard InChI is InChI=1S/C20H17NO4/c22-18(12-13-9-10-14-5-1-2-6-15(14)11-13)25-21-19(23)16-7-3-4-8-17(16)20(21)24/h1-8,13H,9-12H2. The minimum Gasteiger partial charge on any atom is -0.330 e. The van der Waals surface area contributed by atoms with Gasteiger partial charge < -0.3 is 4.84 Å². The van der Waals surface area contributed by atoms with E-state index in [1.54, 1.807) is 24.3 Å². The van der Waals surface area contributed by atoms with Crippen molar-refractivity contribution in [2.45, 2.75) is 25.7 Å². The molecule has 0 bridgehead atoms. The molecule has 0 aromatic heterocycles. The Labute approximate surface area is 145 Å². The van der Waals surface area contributed by atoms with Crippen molar-refractivity contribution in [3.8, 4) is 0 Å². The van der Waals surface area contributed by atoms with Gasteiger partial charge in [-0.3, -0.25) is 9.59 Å². The number of imide groups is 1. The summed E-state index contributed by atoms with van der Waals surface area (Å²) in [4.78, 5) is 41.8. The van der Waals surface area contributed by atoms with Gasteiger partial charge in [0.05, 0.1) is 17.5 Å². The maximum atomic E-state index is 12.3. The van der Waals surface area contributed by atoms with E-state index >= 15 is 0 Å². The molecular weight excluding hydrogens is 318 g/mol. The van der Waals surface area contributed by atoms with Crippen LogP contribution in [0, 0.1) is 5.92 Å². The number of hydrogen-bond acceptors (Lipinski definition) is 4. The third-order valence-electron chi connectivity index (χ3n) is 4.85. The monoisotopic (exact) mass is 335 g/mol. The van der Waals surface area contributed by atoms with Crippen LogP contribution in [0.4, 0.5) is 0 Å². The Morgan fingerprint density at radius 2 is 1.56 bits per heavy atom. The minimum atomic E-state index is -0.581. The van der Waals surface area contributed by atoms with Crippen molar-refractivity contribution in [1.29, 1.82) is 0 Å². The van der Waals surface area contributed by atoms with Gasteiger partial charge >= 0.3 is 5.97 Å². The molecule has 5 heteroatoms. The van der Waals surface area contributed by atoms with Crippen LogP contribution in [0.25, 0.3) is 0 Å². The number of carbonyl (C=O) groups excluding carboxylic acids is 3. The predicted molar refractivity (Wildman–Crippen MR) is 89.6 cm³/mol. The van der Waals surface area contributed by atoms with Crippen LogP contribution in [-0.2, 0) is 22.5 Å². The predicted octanol–water partition coefficient (Wildman–Crippen LogP) is 2.94. The van der Waals surface area contributed by atoms with E-state index in [2.05, 4.69) is 12.1 Å². The molecule has 1 unspecified atom stereocenters. The zero-order valence-corrected chi connectivity index (χ0v) is 13.6. The van der Waals surface area contributed by atoms with Crippen LogP contribution >= 0.6 is 0 Å². The Balaban J connectivity index is 1.41. The summed E-state index contributed by atoms with van der Waals surface area (Å²) >= 11 is 0. The molecular formula is C20H17NO4. The lowest BCUT2D eigenvalue weighted by Crippen LogP contribution is -2.33. The molecule has 1 aliphatic carbocycles. The van der Waals surface area contributed by atoms with Gasteiger partial charge in [0.25, 0.3) is 11.8 Å². The molecule has 1 aliphatic heterocycles. The fourth-order valence-corrected chi connectivity index (χ4v) is 3.57. The van der Waals surface area contributed by atoms with Crippen LogP contribution < -0.4 is 0 Å². The van der Waals surface area contributed by atoms with Crippen LogP contribution in [0.1, 0.15) is 44.7 Å². The molecule has 0 radical (unpaired) electrons. The molecule has 0 N–H and O–H groups in total. The molecule has 1 atom stereocenters. The zero-order chi connectivity index (χ0) is 17.4. The van der Waals surface area contributed by atoms with Gasteiger partial charge in [-0.15, -0.1) is 0 Å². The highest BCUT2D eigenvalue weighted by Crippen LogP contribution is 2.28. The normalized spacial score (nSPS) is 18.7. The van der Waals surface area contributed by atoms with Crippen molar-refractivity contribution in [2.24, 2.45) is 5.92 Å². The van der Waals surface area contributed by atoms with E-state index < -0.39 is 17.8 Å². The van der Waals surface area contributed by atoms with Crippen LogP contribution in [-0.4, -0.2) is 22.8 Å². The maximum Gasteiger partial charge on any atom is 0.333 e. The molecule has 2 amide bonds. The Hall–Kier alpha value is -2.95. The lowest BCUT2D eigenvalue weighted by atomic mass is 9.82. The second-order valence-corrected chi connectivity index (χ2v) is 6.50. The lowest BCUT2D eigenvalue weighted by molar-refractivity contribution is -0.169. The van der Waals surface area contributed by atoms with Gasteiger partial charge in [0.2, 0.25) is 0 Å². The molecule has 0 saturated carbocycles. The Morgan fingerprint density at radius 1 is 0.960 bits per heavy atom. The van der Waals surface area contributed by atoms with Crippen molar-refractivity contribution in [1.82, 2.24) is 5.06 Å². The Morgan fingerprint density at radius 3 is 2.24 bits per heavy atom. The fraction of sp³-hybridized carbons (Fsp3) is 0.250. The molecule has 2 aromatic carbocycles. The summed E-state index contributed by atoms with van der Waals surface area (Å²) in [5, 5.41) is 0.587. The Kier molecular flexibility index (Phi) is 3.84. The topological polar surface area (TPSA) is 63.7 Å². The highest BCUT2D eigenvalue weighted by atomic mass is 16.7. The highest BCUT2D eigenvalue weighted by Gasteiger charge is 2.38. The van der Waals surface area contributed by atoms with E-state index in [1.807, 2.05) is 12.1 Å². The van der Waals surface area contributed by atoms with Gasteiger partial charge in [0, 0.05) is 0 Å². The molecule has 0 saturated heterocycles. The first-order valence-electron chi connectivity index (χ1n) is 8.39. The van der Waals surface area contributed by atoms with Gasteiger partial charge in [0.15, 0.2) is 0 Å². The van der Waals surface area contributed by atoms with Crippen molar-refractivity contribution in [3.05, 3.63) is 70.8 Å². The van der Waals surface area contributed by atoms with Gasteiger partial charge in [0.1, 0.15) is 0 Å². The summed E-state index contributed by atoms with van der Waals surface area (Å²) in [6.07, 6.45) is 2.84. The number of carbonyl (C=O) groups is 3. The third kappa shape index (κ3) is 2.82. The molecule has 5 nitrogen and oxygen atoms in total. The molecule has 1 heterocycles. The fourth-order valence-electron chi connectivity index (χ4n) is 3.57. The van der Waals surface area contributed by atoms with Gasteiger partial charge in [-0.05, 0) is 48.4 Å². The smallest absolute Gasteiger partial charge is 0.330 e. The SMILES string of the molecule is O=C(CC1CCc2ccccc2C1)ON1C(=O)c2ccccc2C1=O. The first-order chi connectivity index (χ1) is 12.1. The van der Waals surface area contributed by atoms with E-state index in [1.165, 1.54) is 11.1 Å². The largest absolute Gasteiger partial charge is 0.333 e. The van der Waals surface area contributed by atoms with Crippen LogP contribution in [0.5, 0.6) is 0 Å². The molecule has 126 valence electrons. The minimum absolute atomic E-state index is 0.164. The molecule has 4 rings (SSSR count).